The second-order valence-corrected chi connectivity index (χ2v) is 2.81. The predicted molar refractivity (Wildman–Crippen MR) is 47.3 cm³/mol. The van der Waals surface area contributed by atoms with Gasteiger partial charge in [0.2, 0.25) is 0 Å². The first-order valence-corrected chi connectivity index (χ1v) is 3.78. The lowest BCUT2D eigenvalue weighted by Gasteiger charge is -2.08. The SMILES string of the molecule is CC(=O)[C@@H]1C=NC2=NC=CC2=C1. The van der Waals surface area contributed by atoms with Crippen LogP contribution in [0.15, 0.2) is 33.9 Å². The highest BCUT2D eigenvalue weighted by Crippen LogP contribution is 2.17. The summed E-state index contributed by atoms with van der Waals surface area (Å²) in [6, 6.07) is 0. The van der Waals surface area contributed by atoms with Crippen LogP contribution >= 0.6 is 0 Å². The molecule has 2 aliphatic rings. The van der Waals surface area contributed by atoms with Gasteiger partial charge in [-0.05, 0) is 13.0 Å². The number of Topliss-reactive ketones (excluding diaryl/α,β-unsaturated/α-hetero) is 1. The summed E-state index contributed by atoms with van der Waals surface area (Å²) in [5, 5.41) is 0. The van der Waals surface area contributed by atoms with E-state index in [0.717, 1.165) is 5.57 Å². The second-order valence-electron chi connectivity index (χ2n) is 2.81. The number of amidine groups is 1. The van der Waals surface area contributed by atoms with E-state index in [0.29, 0.717) is 5.84 Å². The van der Waals surface area contributed by atoms with Crippen LogP contribution in [-0.2, 0) is 4.79 Å². The Morgan fingerprint density at radius 2 is 2.42 bits per heavy atom. The third-order valence-corrected chi connectivity index (χ3v) is 1.90. The maximum absolute atomic E-state index is 11.0. The fourth-order valence-corrected chi connectivity index (χ4v) is 1.18. The summed E-state index contributed by atoms with van der Waals surface area (Å²) in [4.78, 5) is 19.1. The van der Waals surface area contributed by atoms with Crippen LogP contribution in [0, 0.1) is 5.92 Å². The monoisotopic (exact) mass is 160 g/mol. The molecule has 0 bridgehead atoms. The summed E-state index contributed by atoms with van der Waals surface area (Å²) in [7, 11) is 0. The number of rotatable bonds is 1. The fourth-order valence-electron chi connectivity index (χ4n) is 1.18. The van der Waals surface area contributed by atoms with Gasteiger partial charge in [0, 0.05) is 18.0 Å². The molecule has 0 aromatic heterocycles. The van der Waals surface area contributed by atoms with Crippen molar-refractivity contribution < 1.29 is 4.79 Å². The van der Waals surface area contributed by atoms with Gasteiger partial charge < -0.3 is 0 Å². The standard InChI is InChI=1S/C9H8N2O/c1-6(12)8-4-7-2-3-10-9(7)11-5-8/h2-5,8H,1H3/t8-/m0/s1. The van der Waals surface area contributed by atoms with Gasteiger partial charge in [0.25, 0.3) is 0 Å². The van der Waals surface area contributed by atoms with Crippen LogP contribution in [-0.4, -0.2) is 17.8 Å². The van der Waals surface area contributed by atoms with Gasteiger partial charge in [-0.15, -0.1) is 0 Å². The van der Waals surface area contributed by atoms with Crippen LogP contribution in [0.2, 0.25) is 0 Å². The predicted octanol–water partition coefficient (Wildman–Crippen LogP) is 1.13. The molecule has 0 fully saturated rings. The summed E-state index contributed by atoms with van der Waals surface area (Å²) in [5.74, 6) is 0.666. The van der Waals surface area contributed by atoms with Crippen LogP contribution in [0.25, 0.3) is 0 Å². The van der Waals surface area contributed by atoms with Crippen molar-refractivity contribution in [2.45, 2.75) is 6.92 Å². The molecule has 0 N–H and O–H groups in total. The first-order valence-electron chi connectivity index (χ1n) is 3.78. The van der Waals surface area contributed by atoms with Crippen LogP contribution in [0.5, 0.6) is 0 Å². The summed E-state index contributed by atoms with van der Waals surface area (Å²) in [6.07, 6.45) is 7.08. The lowest BCUT2D eigenvalue weighted by atomic mass is 10.0. The minimum Gasteiger partial charge on any atom is -0.299 e. The van der Waals surface area contributed by atoms with Crippen LogP contribution in [0.3, 0.4) is 0 Å². The molecule has 0 saturated heterocycles. The average molecular weight is 160 g/mol. The Bertz CT molecular complexity index is 348. The number of ketones is 1. The highest BCUT2D eigenvalue weighted by molar-refractivity contribution is 6.12. The van der Waals surface area contributed by atoms with Crippen LogP contribution < -0.4 is 0 Å². The number of dihydropyridines is 1. The van der Waals surface area contributed by atoms with Gasteiger partial charge in [-0.3, -0.25) is 4.79 Å². The summed E-state index contributed by atoms with van der Waals surface area (Å²) < 4.78 is 0. The van der Waals surface area contributed by atoms with Crippen molar-refractivity contribution in [3.8, 4) is 0 Å². The molecule has 1 atom stereocenters. The molecule has 2 heterocycles. The van der Waals surface area contributed by atoms with Crippen molar-refractivity contribution in [1.82, 2.24) is 0 Å². The lowest BCUT2D eigenvalue weighted by molar-refractivity contribution is -0.117. The minimum atomic E-state index is -0.165. The van der Waals surface area contributed by atoms with Gasteiger partial charge in [-0.2, -0.15) is 0 Å². The van der Waals surface area contributed by atoms with E-state index in [9.17, 15) is 4.79 Å². The molecule has 0 amide bonds. The average Bonchev–Trinajstić information content (AvgIpc) is 2.49. The third-order valence-electron chi connectivity index (χ3n) is 1.90. The summed E-state index contributed by atoms with van der Waals surface area (Å²) in [5.41, 5.74) is 0.956. The van der Waals surface area contributed by atoms with Gasteiger partial charge in [-0.1, -0.05) is 6.08 Å². The number of aliphatic imine (C=N–C) groups is 2. The first-order chi connectivity index (χ1) is 5.77. The van der Waals surface area contributed by atoms with Gasteiger partial charge in [0.05, 0.1) is 5.92 Å². The van der Waals surface area contributed by atoms with E-state index in [4.69, 9.17) is 0 Å². The van der Waals surface area contributed by atoms with Crippen molar-refractivity contribution in [2.24, 2.45) is 15.9 Å². The molecule has 0 radical (unpaired) electrons. The molecule has 12 heavy (non-hydrogen) atoms. The van der Waals surface area contributed by atoms with E-state index >= 15 is 0 Å². The summed E-state index contributed by atoms with van der Waals surface area (Å²) >= 11 is 0. The molecular formula is C9H8N2O. The molecule has 0 spiro atoms. The topological polar surface area (TPSA) is 41.8 Å². The Balaban J connectivity index is 2.33. The highest BCUT2D eigenvalue weighted by Gasteiger charge is 2.17. The summed E-state index contributed by atoms with van der Waals surface area (Å²) in [6.45, 7) is 1.56. The zero-order chi connectivity index (χ0) is 8.55. The van der Waals surface area contributed by atoms with Crippen molar-refractivity contribution >= 4 is 17.8 Å². The van der Waals surface area contributed by atoms with Gasteiger partial charge >= 0.3 is 0 Å². The van der Waals surface area contributed by atoms with Crippen molar-refractivity contribution in [2.75, 3.05) is 0 Å². The molecule has 2 rings (SSSR count). The number of carbonyl (C=O) groups excluding carboxylic acids is 1. The molecule has 2 aliphatic heterocycles. The third kappa shape index (κ3) is 1.03. The van der Waals surface area contributed by atoms with E-state index in [1.54, 1.807) is 19.3 Å². The van der Waals surface area contributed by atoms with E-state index < -0.39 is 0 Å². The highest BCUT2D eigenvalue weighted by atomic mass is 16.1. The largest absolute Gasteiger partial charge is 0.299 e. The molecule has 0 aliphatic carbocycles. The Kier molecular flexibility index (Phi) is 1.50. The zero-order valence-electron chi connectivity index (χ0n) is 6.69. The number of nitrogens with zero attached hydrogens (tertiary/aromatic N) is 2. The number of hydrogen-bond donors (Lipinski definition) is 0. The normalized spacial score (nSPS) is 24.9. The smallest absolute Gasteiger partial charge is 0.158 e. The maximum Gasteiger partial charge on any atom is 0.158 e. The van der Waals surface area contributed by atoms with E-state index in [-0.39, 0.29) is 11.7 Å². The number of fused-ring (bicyclic) bond motifs is 1. The molecule has 3 heteroatoms. The molecule has 0 aromatic rings. The molecule has 0 aromatic carbocycles. The number of carbonyl (C=O) groups is 1. The molecule has 60 valence electrons. The van der Waals surface area contributed by atoms with Gasteiger partial charge in [0.15, 0.2) is 5.84 Å². The van der Waals surface area contributed by atoms with Crippen LogP contribution in [0.1, 0.15) is 6.92 Å². The van der Waals surface area contributed by atoms with Crippen molar-refractivity contribution in [1.29, 1.82) is 0 Å². The Hall–Kier alpha value is -1.51. The van der Waals surface area contributed by atoms with E-state index in [2.05, 4.69) is 9.98 Å². The molecular weight excluding hydrogens is 152 g/mol. The van der Waals surface area contributed by atoms with Crippen LogP contribution in [0.4, 0.5) is 0 Å². The fraction of sp³-hybridized carbons (Fsp3) is 0.222. The quantitative estimate of drug-likeness (QED) is 0.566. The van der Waals surface area contributed by atoms with Gasteiger partial charge in [-0.25, -0.2) is 9.98 Å². The molecule has 0 saturated carbocycles. The number of allylic oxidation sites excluding steroid dienone is 1. The Labute approximate surface area is 70.2 Å². The second kappa shape index (κ2) is 2.52. The van der Waals surface area contributed by atoms with Gasteiger partial charge in [0.1, 0.15) is 5.78 Å². The zero-order valence-corrected chi connectivity index (χ0v) is 6.69. The maximum atomic E-state index is 11.0. The first kappa shape index (κ1) is 7.16. The van der Waals surface area contributed by atoms with E-state index in [1.165, 1.54) is 0 Å². The van der Waals surface area contributed by atoms with Crippen molar-refractivity contribution in [3.63, 3.8) is 0 Å². The van der Waals surface area contributed by atoms with E-state index in [1.807, 2.05) is 12.2 Å². The molecule has 0 unspecified atom stereocenters. The molecule has 3 nitrogen and oxygen atoms in total. The number of hydrogen-bond acceptors (Lipinski definition) is 3. The Morgan fingerprint density at radius 3 is 3.17 bits per heavy atom. The lowest BCUT2D eigenvalue weighted by Crippen LogP contribution is -2.16. The van der Waals surface area contributed by atoms with Crippen molar-refractivity contribution in [3.05, 3.63) is 23.9 Å². The minimum absolute atomic E-state index is 0.116. The Morgan fingerprint density at radius 1 is 1.58 bits per heavy atom.